The number of nitrogens with two attached hydrogens (primary N) is 1. The molecule has 17 heavy (non-hydrogen) atoms. The fourth-order valence-electron chi connectivity index (χ4n) is 1.39. The zero-order valence-electron chi connectivity index (χ0n) is 10.8. The van der Waals surface area contributed by atoms with E-state index in [0.29, 0.717) is 0 Å². The summed E-state index contributed by atoms with van der Waals surface area (Å²) in [6.07, 6.45) is -0.538. The third-order valence-electron chi connectivity index (χ3n) is 2.21. The van der Waals surface area contributed by atoms with Crippen molar-refractivity contribution in [3.05, 3.63) is 29.8 Å². The van der Waals surface area contributed by atoms with Crippen LogP contribution in [0.3, 0.4) is 0 Å². The molecule has 0 bridgehead atoms. The summed E-state index contributed by atoms with van der Waals surface area (Å²) in [7, 11) is -1.55. The van der Waals surface area contributed by atoms with E-state index >= 15 is 0 Å². The molecule has 0 heterocycles. The minimum atomic E-state index is -1.55. The molecule has 0 amide bonds. The number of hydrogen-bond donors (Lipinski definition) is 2. The van der Waals surface area contributed by atoms with Crippen LogP contribution in [0.5, 0.6) is 5.75 Å². The van der Waals surface area contributed by atoms with E-state index in [0.717, 1.165) is 11.3 Å². The van der Waals surface area contributed by atoms with E-state index < -0.39 is 14.4 Å². The average molecular weight is 276 g/mol. The standard InChI is InChI=1S/C12H21NO2Si.ClH/c1-9(14)12(13)10-5-7-11(8-6-10)15-16(2,3)4;/h5-9,12,14H,13H2,1-4H3;1H/t9-,12-;/m1./s1. The van der Waals surface area contributed by atoms with Gasteiger partial charge in [-0.1, -0.05) is 12.1 Å². The van der Waals surface area contributed by atoms with Crippen LogP contribution in [0, 0.1) is 0 Å². The van der Waals surface area contributed by atoms with E-state index in [1.54, 1.807) is 6.92 Å². The van der Waals surface area contributed by atoms with Gasteiger partial charge in [-0.25, -0.2) is 0 Å². The zero-order chi connectivity index (χ0) is 12.3. The molecule has 1 rings (SSSR count). The second-order valence-corrected chi connectivity index (χ2v) is 9.48. The minimum Gasteiger partial charge on any atom is -0.544 e. The van der Waals surface area contributed by atoms with Crippen LogP contribution in [-0.4, -0.2) is 19.5 Å². The number of benzene rings is 1. The van der Waals surface area contributed by atoms with Crippen molar-refractivity contribution in [1.82, 2.24) is 0 Å². The van der Waals surface area contributed by atoms with Gasteiger partial charge >= 0.3 is 0 Å². The first kappa shape index (κ1) is 16.4. The quantitative estimate of drug-likeness (QED) is 0.831. The highest BCUT2D eigenvalue weighted by atomic mass is 35.5. The van der Waals surface area contributed by atoms with Gasteiger partial charge in [-0.2, -0.15) is 0 Å². The Hall–Kier alpha value is -0.553. The van der Waals surface area contributed by atoms with Gasteiger partial charge in [-0.15, -0.1) is 12.4 Å². The smallest absolute Gasteiger partial charge is 0.242 e. The average Bonchev–Trinajstić information content (AvgIpc) is 2.15. The monoisotopic (exact) mass is 275 g/mol. The molecule has 5 heteroatoms. The third-order valence-corrected chi connectivity index (χ3v) is 3.06. The molecule has 0 aliphatic rings. The lowest BCUT2D eigenvalue weighted by molar-refractivity contribution is 0.164. The molecule has 1 aromatic rings. The van der Waals surface area contributed by atoms with Crippen LogP contribution in [0.2, 0.25) is 19.6 Å². The van der Waals surface area contributed by atoms with Crippen LogP contribution in [0.25, 0.3) is 0 Å². The molecule has 0 aliphatic carbocycles. The molecule has 0 unspecified atom stereocenters. The fourth-order valence-corrected chi connectivity index (χ4v) is 2.23. The maximum Gasteiger partial charge on any atom is 0.242 e. The van der Waals surface area contributed by atoms with Gasteiger partial charge in [0.15, 0.2) is 0 Å². The van der Waals surface area contributed by atoms with Gasteiger partial charge in [0.05, 0.1) is 12.1 Å². The van der Waals surface area contributed by atoms with E-state index in [9.17, 15) is 5.11 Å². The van der Waals surface area contributed by atoms with Crippen molar-refractivity contribution in [3.63, 3.8) is 0 Å². The predicted octanol–water partition coefficient (Wildman–Crippen LogP) is 2.70. The van der Waals surface area contributed by atoms with Gasteiger partial charge in [0, 0.05) is 0 Å². The SMILES string of the molecule is C[C@@H](O)[C@@H](N)c1ccc(O[Si](C)(C)C)cc1.Cl. The number of rotatable bonds is 4. The lowest BCUT2D eigenvalue weighted by Gasteiger charge is -2.20. The molecule has 0 fully saturated rings. The van der Waals surface area contributed by atoms with Crippen LogP contribution in [-0.2, 0) is 0 Å². The minimum absolute atomic E-state index is 0. The van der Waals surface area contributed by atoms with E-state index in [-0.39, 0.29) is 18.4 Å². The van der Waals surface area contributed by atoms with Crippen molar-refractivity contribution in [2.75, 3.05) is 0 Å². The summed E-state index contributed by atoms with van der Waals surface area (Å²) < 4.78 is 5.83. The Labute approximate surface area is 111 Å². The highest BCUT2D eigenvalue weighted by Gasteiger charge is 2.17. The topological polar surface area (TPSA) is 55.5 Å². The molecule has 2 atom stereocenters. The Morgan fingerprint density at radius 1 is 1.18 bits per heavy atom. The van der Waals surface area contributed by atoms with E-state index in [1.165, 1.54) is 0 Å². The van der Waals surface area contributed by atoms with Crippen molar-refractivity contribution in [1.29, 1.82) is 0 Å². The van der Waals surface area contributed by atoms with Crippen molar-refractivity contribution < 1.29 is 9.53 Å². The number of aliphatic hydroxyl groups is 1. The summed E-state index contributed by atoms with van der Waals surface area (Å²) in [5.74, 6) is 0.876. The van der Waals surface area contributed by atoms with Gasteiger partial charge in [0.1, 0.15) is 5.75 Å². The fraction of sp³-hybridized carbons (Fsp3) is 0.500. The van der Waals surface area contributed by atoms with Gasteiger partial charge in [0.25, 0.3) is 0 Å². The predicted molar refractivity (Wildman–Crippen MR) is 76.3 cm³/mol. The first-order valence-corrected chi connectivity index (χ1v) is 8.93. The summed E-state index contributed by atoms with van der Waals surface area (Å²) in [6.45, 7) is 8.12. The van der Waals surface area contributed by atoms with E-state index in [4.69, 9.17) is 10.2 Å². The van der Waals surface area contributed by atoms with Gasteiger partial charge in [0.2, 0.25) is 8.32 Å². The Kier molecular flexibility index (Phi) is 6.19. The number of aliphatic hydroxyl groups excluding tert-OH is 1. The maximum atomic E-state index is 9.38. The zero-order valence-corrected chi connectivity index (χ0v) is 12.6. The molecular weight excluding hydrogens is 254 g/mol. The number of halogens is 1. The first-order valence-electron chi connectivity index (χ1n) is 5.52. The Morgan fingerprint density at radius 2 is 1.65 bits per heavy atom. The maximum absolute atomic E-state index is 9.38. The van der Waals surface area contributed by atoms with Crippen LogP contribution >= 0.6 is 12.4 Å². The van der Waals surface area contributed by atoms with Crippen molar-refractivity contribution in [2.45, 2.75) is 38.7 Å². The lowest BCUT2D eigenvalue weighted by atomic mass is 10.0. The highest BCUT2D eigenvalue weighted by molar-refractivity contribution is 6.70. The molecule has 0 radical (unpaired) electrons. The number of hydrogen-bond acceptors (Lipinski definition) is 3. The molecule has 0 saturated heterocycles. The summed E-state index contributed by atoms with van der Waals surface area (Å²) in [5.41, 5.74) is 6.76. The second-order valence-electron chi connectivity index (χ2n) is 5.05. The normalized spacial score (nSPS) is 14.7. The molecule has 0 aliphatic heterocycles. The van der Waals surface area contributed by atoms with Gasteiger partial charge in [-0.3, -0.25) is 0 Å². The lowest BCUT2D eigenvalue weighted by Crippen LogP contribution is -2.29. The summed E-state index contributed by atoms with van der Waals surface area (Å²) in [4.78, 5) is 0. The van der Waals surface area contributed by atoms with Gasteiger partial charge < -0.3 is 15.3 Å². The molecule has 98 valence electrons. The van der Waals surface area contributed by atoms with E-state index in [2.05, 4.69) is 19.6 Å². The molecule has 3 nitrogen and oxygen atoms in total. The van der Waals surface area contributed by atoms with Crippen molar-refractivity contribution >= 4 is 20.7 Å². The first-order chi connectivity index (χ1) is 7.29. The highest BCUT2D eigenvalue weighted by Crippen LogP contribution is 2.20. The van der Waals surface area contributed by atoms with Crippen LogP contribution in [0.4, 0.5) is 0 Å². The summed E-state index contributed by atoms with van der Waals surface area (Å²) >= 11 is 0. The Bertz CT molecular complexity index is 335. The molecule has 3 N–H and O–H groups in total. The molecule has 0 saturated carbocycles. The van der Waals surface area contributed by atoms with Crippen LogP contribution in [0.15, 0.2) is 24.3 Å². The largest absolute Gasteiger partial charge is 0.544 e. The summed E-state index contributed by atoms with van der Waals surface area (Å²) in [5, 5.41) is 9.38. The molecule has 1 aromatic carbocycles. The summed E-state index contributed by atoms with van der Waals surface area (Å²) in [6, 6.07) is 7.31. The Balaban J connectivity index is 0.00000256. The van der Waals surface area contributed by atoms with Gasteiger partial charge in [-0.05, 0) is 44.3 Å². The molecule has 0 aromatic heterocycles. The Morgan fingerprint density at radius 3 is 2.00 bits per heavy atom. The molecular formula is C12H22ClNO2Si. The molecule has 0 spiro atoms. The van der Waals surface area contributed by atoms with Crippen LogP contribution in [0.1, 0.15) is 18.5 Å². The third kappa shape index (κ3) is 5.54. The van der Waals surface area contributed by atoms with Crippen molar-refractivity contribution in [3.8, 4) is 5.75 Å². The van der Waals surface area contributed by atoms with Crippen molar-refractivity contribution in [2.24, 2.45) is 5.73 Å². The second kappa shape index (κ2) is 6.40. The van der Waals surface area contributed by atoms with E-state index in [1.807, 2.05) is 24.3 Å². The van der Waals surface area contributed by atoms with Crippen LogP contribution < -0.4 is 10.2 Å².